The van der Waals surface area contributed by atoms with Crippen molar-refractivity contribution in [2.24, 2.45) is 5.92 Å². The molecule has 72 valence electrons. The molecule has 0 saturated carbocycles. The Morgan fingerprint density at radius 2 is 2.38 bits per heavy atom. The summed E-state index contributed by atoms with van der Waals surface area (Å²) in [6, 6.07) is 2.18. The number of aryl methyl sites for hydroxylation is 1. The summed E-state index contributed by atoms with van der Waals surface area (Å²) in [4.78, 5) is 0. The van der Waals surface area contributed by atoms with Gasteiger partial charge in [-0.3, -0.25) is 0 Å². The summed E-state index contributed by atoms with van der Waals surface area (Å²) < 4.78 is 5.72. The van der Waals surface area contributed by atoms with Crippen LogP contribution >= 0.6 is 0 Å². The highest BCUT2D eigenvalue weighted by Crippen LogP contribution is 2.38. The van der Waals surface area contributed by atoms with E-state index in [1.807, 2.05) is 14.0 Å². The molecule has 1 aromatic heterocycles. The minimum Gasteiger partial charge on any atom is -0.466 e. The molecule has 0 spiro atoms. The van der Waals surface area contributed by atoms with Crippen LogP contribution in [0.5, 0.6) is 0 Å². The van der Waals surface area contributed by atoms with E-state index < -0.39 is 0 Å². The van der Waals surface area contributed by atoms with Crippen molar-refractivity contribution >= 4 is 0 Å². The van der Waals surface area contributed by atoms with E-state index >= 15 is 0 Å². The lowest BCUT2D eigenvalue weighted by Crippen LogP contribution is -2.19. The molecule has 13 heavy (non-hydrogen) atoms. The van der Waals surface area contributed by atoms with Crippen LogP contribution in [0.15, 0.2) is 10.5 Å². The highest BCUT2D eigenvalue weighted by Gasteiger charge is 2.32. The van der Waals surface area contributed by atoms with Gasteiger partial charge in [-0.15, -0.1) is 0 Å². The Morgan fingerprint density at radius 3 is 3.08 bits per heavy atom. The van der Waals surface area contributed by atoms with Gasteiger partial charge in [0.2, 0.25) is 0 Å². The smallest absolute Gasteiger partial charge is 0.111 e. The zero-order chi connectivity index (χ0) is 9.42. The van der Waals surface area contributed by atoms with Crippen LogP contribution in [0.25, 0.3) is 0 Å². The van der Waals surface area contributed by atoms with Crippen molar-refractivity contribution in [2.75, 3.05) is 13.6 Å². The molecule has 1 aromatic rings. The molecule has 1 aliphatic rings. The number of rotatable bonds is 2. The average molecular weight is 179 g/mol. The van der Waals surface area contributed by atoms with Gasteiger partial charge in [-0.2, -0.15) is 0 Å². The van der Waals surface area contributed by atoms with Gasteiger partial charge >= 0.3 is 0 Å². The molecule has 0 saturated heterocycles. The molecule has 2 unspecified atom stereocenters. The van der Waals surface area contributed by atoms with E-state index in [2.05, 4.69) is 18.3 Å². The maximum absolute atomic E-state index is 5.72. The van der Waals surface area contributed by atoms with Crippen molar-refractivity contribution in [3.05, 3.63) is 23.2 Å². The molecule has 2 heteroatoms. The van der Waals surface area contributed by atoms with Gasteiger partial charge in [0.1, 0.15) is 11.5 Å². The fourth-order valence-corrected chi connectivity index (χ4v) is 2.32. The predicted octanol–water partition coefficient (Wildman–Crippen LogP) is 2.08. The number of hydrogen-bond donors (Lipinski definition) is 1. The van der Waals surface area contributed by atoms with Crippen molar-refractivity contribution in [2.45, 2.75) is 26.2 Å². The van der Waals surface area contributed by atoms with Crippen LogP contribution in [0.4, 0.5) is 0 Å². The van der Waals surface area contributed by atoms with E-state index in [9.17, 15) is 0 Å². The first-order valence-electron chi connectivity index (χ1n) is 4.96. The minimum atomic E-state index is 0.577. The van der Waals surface area contributed by atoms with Gasteiger partial charge < -0.3 is 9.73 Å². The van der Waals surface area contributed by atoms with Crippen molar-refractivity contribution < 1.29 is 4.42 Å². The molecule has 0 amide bonds. The number of furan rings is 1. The van der Waals surface area contributed by atoms with E-state index in [1.54, 1.807) is 0 Å². The number of nitrogens with one attached hydrogen (secondary N) is 1. The molecular formula is C11H17NO. The lowest BCUT2D eigenvalue weighted by atomic mass is 9.97. The first kappa shape index (κ1) is 8.82. The molecule has 0 bridgehead atoms. The Hall–Kier alpha value is -0.760. The average Bonchev–Trinajstić information content (AvgIpc) is 2.52. The third kappa shape index (κ3) is 1.39. The third-order valence-corrected chi connectivity index (χ3v) is 2.95. The standard InChI is InChI=1S/C11H17NO/c1-7-4-9-5-8(2)13-11(9)10(7)6-12-3/h5,7,10,12H,4,6H2,1-3H3. The van der Waals surface area contributed by atoms with Crippen molar-refractivity contribution in [1.29, 1.82) is 0 Å². The SMILES string of the molecule is CNCC1c2oc(C)cc2CC1C. The van der Waals surface area contributed by atoms with E-state index in [-0.39, 0.29) is 0 Å². The highest BCUT2D eigenvalue weighted by atomic mass is 16.3. The number of hydrogen-bond acceptors (Lipinski definition) is 2. The predicted molar refractivity (Wildman–Crippen MR) is 53.0 cm³/mol. The molecule has 0 radical (unpaired) electrons. The van der Waals surface area contributed by atoms with E-state index in [4.69, 9.17) is 4.42 Å². The van der Waals surface area contributed by atoms with Crippen LogP contribution in [0.1, 0.15) is 29.9 Å². The molecule has 0 aromatic carbocycles. The van der Waals surface area contributed by atoms with Gasteiger partial charge in [-0.25, -0.2) is 0 Å². The first-order valence-corrected chi connectivity index (χ1v) is 4.96. The normalized spacial score (nSPS) is 26.4. The van der Waals surface area contributed by atoms with Gasteiger partial charge in [0.25, 0.3) is 0 Å². The maximum atomic E-state index is 5.72. The second-order valence-electron chi connectivity index (χ2n) is 4.09. The number of fused-ring (bicyclic) bond motifs is 1. The third-order valence-electron chi connectivity index (χ3n) is 2.95. The van der Waals surface area contributed by atoms with Crippen LogP contribution in [-0.4, -0.2) is 13.6 Å². The fraction of sp³-hybridized carbons (Fsp3) is 0.636. The topological polar surface area (TPSA) is 25.2 Å². The number of likely N-dealkylation sites (N-methyl/N-ethyl adjacent to an activating group) is 1. The zero-order valence-electron chi connectivity index (χ0n) is 8.55. The summed E-state index contributed by atoms with van der Waals surface area (Å²) in [5.41, 5.74) is 1.42. The Labute approximate surface area is 79.3 Å². The van der Waals surface area contributed by atoms with E-state index in [0.717, 1.165) is 18.2 Å². The largest absolute Gasteiger partial charge is 0.466 e. The molecule has 1 N–H and O–H groups in total. The van der Waals surface area contributed by atoms with Gasteiger partial charge in [-0.05, 0) is 37.9 Å². The molecule has 0 fully saturated rings. The van der Waals surface area contributed by atoms with Gasteiger partial charge in [0.05, 0.1) is 0 Å². The molecule has 2 atom stereocenters. The molecule has 1 heterocycles. The zero-order valence-corrected chi connectivity index (χ0v) is 8.55. The summed E-state index contributed by atoms with van der Waals surface area (Å²) >= 11 is 0. The molecular weight excluding hydrogens is 162 g/mol. The van der Waals surface area contributed by atoms with Gasteiger partial charge in [-0.1, -0.05) is 6.92 Å². The van der Waals surface area contributed by atoms with Crippen molar-refractivity contribution in [3.8, 4) is 0 Å². The Balaban J connectivity index is 2.27. The van der Waals surface area contributed by atoms with Crippen LogP contribution in [0, 0.1) is 12.8 Å². The van der Waals surface area contributed by atoms with Gasteiger partial charge in [0, 0.05) is 12.5 Å². The summed E-state index contributed by atoms with van der Waals surface area (Å²) in [5, 5.41) is 3.23. The summed E-state index contributed by atoms with van der Waals surface area (Å²) in [6.07, 6.45) is 1.18. The second-order valence-corrected chi connectivity index (χ2v) is 4.09. The summed E-state index contributed by atoms with van der Waals surface area (Å²) in [7, 11) is 2.00. The van der Waals surface area contributed by atoms with Crippen LogP contribution in [0.3, 0.4) is 0 Å². The minimum absolute atomic E-state index is 0.577. The lowest BCUT2D eigenvalue weighted by molar-refractivity contribution is 0.391. The quantitative estimate of drug-likeness (QED) is 0.752. The Kier molecular flexibility index (Phi) is 2.16. The molecule has 2 nitrogen and oxygen atoms in total. The summed E-state index contributed by atoms with van der Waals surface area (Å²) in [5.74, 6) is 3.58. The molecule has 1 aliphatic carbocycles. The van der Waals surface area contributed by atoms with Crippen molar-refractivity contribution in [1.82, 2.24) is 5.32 Å². The fourth-order valence-electron chi connectivity index (χ4n) is 2.32. The lowest BCUT2D eigenvalue weighted by Gasteiger charge is -2.14. The van der Waals surface area contributed by atoms with E-state index in [1.165, 1.54) is 17.7 Å². The Morgan fingerprint density at radius 1 is 1.62 bits per heavy atom. The molecule has 0 aliphatic heterocycles. The van der Waals surface area contributed by atoms with Crippen LogP contribution in [-0.2, 0) is 6.42 Å². The second kappa shape index (κ2) is 3.18. The van der Waals surface area contributed by atoms with Crippen molar-refractivity contribution in [3.63, 3.8) is 0 Å². The van der Waals surface area contributed by atoms with Crippen LogP contribution < -0.4 is 5.32 Å². The van der Waals surface area contributed by atoms with Crippen LogP contribution in [0.2, 0.25) is 0 Å². The molecule has 2 rings (SSSR count). The summed E-state index contributed by atoms with van der Waals surface area (Å²) in [6.45, 7) is 5.35. The maximum Gasteiger partial charge on any atom is 0.111 e. The first-order chi connectivity index (χ1) is 6.22. The monoisotopic (exact) mass is 179 g/mol. The Bertz CT molecular complexity index is 303. The highest BCUT2D eigenvalue weighted by molar-refractivity contribution is 5.30. The van der Waals surface area contributed by atoms with E-state index in [0.29, 0.717) is 5.92 Å². The van der Waals surface area contributed by atoms with Gasteiger partial charge in [0.15, 0.2) is 0 Å².